The molecule has 3 aromatic rings. The van der Waals surface area contributed by atoms with Gasteiger partial charge in [0, 0.05) is 30.0 Å². The fourth-order valence-corrected chi connectivity index (χ4v) is 2.59. The van der Waals surface area contributed by atoms with E-state index >= 15 is 0 Å². The number of carbonyl (C=O) groups excluding carboxylic acids is 1. The maximum absolute atomic E-state index is 12.2. The summed E-state index contributed by atoms with van der Waals surface area (Å²) < 4.78 is 5.32. The Morgan fingerprint density at radius 2 is 1.85 bits per heavy atom. The molecule has 0 saturated heterocycles. The van der Waals surface area contributed by atoms with Gasteiger partial charge in [0.25, 0.3) is 5.91 Å². The van der Waals surface area contributed by atoms with Gasteiger partial charge in [0.1, 0.15) is 5.75 Å². The predicted octanol–water partition coefficient (Wildman–Crippen LogP) is 4.12. The number of hydrogen-bond acceptors (Lipinski definition) is 5. The van der Waals surface area contributed by atoms with Crippen LogP contribution in [0.3, 0.4) is 0 Å². The lowest BCUT2D eigenvalue weighted by atomic mass is 10.2. The number of benzene rings is 2. The molecule has 2 N–H and O–H groups in total. The second-order valence-corrected chi connectivity index (χ2v) is 6.30. The Morgan fingerprint density at radius 1 is 1.15 bits per heavy atom. The lowest BCUT2D eigenvalue weighted by molar-refractivity contribution is 0.0950. The number of amides is 1. The van der Waals surface area contributed by atoms with Crippen molar-refractivity contribution in [2.24, 2.45) is 0 Å². The molecule has 138 valence electrons. The van der Waals surface area contributed by atoms with E-state index in [0.29, 0.717) is 34.5 Å². The molecule has 7 heteroatoms. The lowest BCUT2D eigenvalue weighted by Gasteiger charge is -2.12. The van der Waals surface area contributed by atoms with Crippen LogP contribution in [0.15, 0.2) is 54.9 Å². The second-order valence-electron chi connectivity index (χ2n) is 5.89. The second kappa shape index (κ2) is 8.51. The van der Waals surface area contributed by atoms with Gasteiger partial charge >= 0.3 is 0 Å². The van der Waals surface area contributed by atoms with Gasteiger partial charge in [-0.25, -0.2) is 9.97 Å². The third kappa shape index (κ3) is 4.74. The number of aromatic nitrogens is 2. The summed E-state index contributed by atoms with van der Waals surface area (Å²) in [5, 5.41) is 6.53. The Kier molecular flexibility index (Phi) is 5.88. The third-order valence-electron chi connectivity index (χ3n) is 3.94. The SMILES string of the molecule is COc1cc(Cl)c(C)cc1Nc1ncc(C(=O)NCc2ccccc2)cn1. The molecular weight excluding hydrogens is 364 g/mol. The number of methoxy groups -OCH3 is 1. The molecule has 27 heavy (non-hydrogen) atoms. The highest BCUT2D eigenvalue weighted by atomic mass is 35.5. The summed E-state index contributed by atoms with van der Waals surface area (Å²) in [6.07, 6.45) is 2.95. The van der Waals surface area contributed by atoms with Crippen molar-refractivity contribution in [2.75, 3.05) is 12.4 Å². The van der Waals surface area contributed by atoms with E-state index in [1.165, 1.54) is 12.4 Å². The van der Waals surface area contributed by atoms with Crippen LogP contribution in [0.5, 0.6) is 5.75 Å². The first-order valence-corrected chi connectivity index (χ1v) is 8.70. The van der Waals surface area contributed by atoms with E-state index in [9.17, 15) is 4.79 Å². The van der Waals surface area contributed by atoms with Crippen LogP contribution in [0, 0.1) is 6.92 Å². The van der Waals surface area contributed by atoms with E-state index < -0.39 is 0 Å². The van der Waals surface area contributed by atoms with Crippen molar-refractivity contribution in [3.8, 4) is 5.75 Å². The van der Waals surface area contributed by atoms with Crippen LogP contribution in [0.25, 0.3) is 0 Å². The van der Waals surface area contributed by atoms with E-state index in [1.54, 1.807) is 13.2 Å². The molecule has 6 nitrogen and oxygen atoms in total. The van der Waals surface area contributed by atoms with E-state index in [4.69, 9.17) is 16.3 Å². The molecule has 1 heterocycles. The molecule has 0 unspecified atom stereocenters. The fourth-order valence-electron chi connectivity index (χ4n) is 2.44. The fraction of sp³-hybridized carbons (Fsp3) is 0.150. The van der Waals surface area contributed by atoms with Crippen LogP contribution in [-0.4, -0.2) is 23.0 Å². The van der Waals surface area contributed by atoms with Crippen molar-refractivity contribution >= 4 is 29.1 Å². The zero-order valence-corrected chi connectivity index (χ0v) is 15.7. The molecule has 3 rings (SSSR count). The Hall–Kier alpha value is -3.12. The van der Waals surface area contributed by atoms with Gasteiger partial charge in [0.15, 0.2) is 0 Å². The highest BCUT2D eigenvalue weighted by Crippen LogP contribution is 2.32. The first-order valence-electron chi connectivity index (χ1n) is 8.32. The molecule has 0 radical (unpaired) electrons. The summed E-state index contributed by atoms with van der Waals surface area (Å²) in [5.41, 5.74) is 3.00. The van der Waals surface area contributed by atoms with Crippen molar-refractivity contribution in [2.45, 2.75) is 13.5 Å². The number of halogens is 1. The summed E-state index contributed by atoms with van der Waals surface area (Å²) in [4.78, 5) is 20.6. The zero-order chi connectivity index (χ0) is 19.2. The van der Waals surface area contributed by atoms with Crippen molar-refractivity contribution in [1.82, 2.24) is 15.3 Å². The molecule has 0 aliphatic rings. The molecule has 0 saturated carbocycles. The summed E-state index contributed by atoms with van der Waals surface area (Å²) in [6.45, 7) is 2.34. The standard InChI is InChI=1S/C20H19ClN4O2/c1-13-8-17(18(27-2)9-16(13)21)25-20-23-11-15(12-24-20)19(26)22-10-14-6-4-3-5-7-14/h3-9,11-12H,10H2,1-2H3,(H,22,26)(H,23,24,25). The number of anilines is 2. The summed E-state index contributed by atoms with van der Waals surface area (Å²) >= 11 is 6.11. The van der Waals surface area contributed by atoms with Gasteiger partial charge in [-0.2, -0.15) is 0 Å². The van der Waals surface area contributed by atoms with E-state index in [2.05, 4.69) is 20.6 Å². The van der Waals surface area contributed by atoms with Crippen molar-refractivity contribution in [3.63, 3.8) is 0 Å². The molecule has 2 aromatic carbocycles. The normalized spacial score (nSPS) is 10.3. The average molecular weight is 383 g/mol. The molecule has 0 aliphatic heterocycles. The largest absolute Gasteiger partial charge is 0.495 e. The number of ether oxygens (including phenoxy) is 1. The highest BCUT2D eigenvalue weighted by Gasteiger charge is 2.10. The van der Waals surface area contributed by atoms with Gasteiger partial charge in [-0.05, 0) is 24.1 Å². The third-order valence-corrected chi connectivity index (χ3v) is 4.34. The monoisotopic (exact) mass is 382 g/mol. The Morgan fingerprint density at radius 3 is 2.52 bits per heavy atom. The topological polar surface area (TPSA) is 76.1 Å². The van der Waals surface area contributed by atoms with Gasteiger partial charge in [-0.1, -0.05) is 41.9 Å². The number of carbonyl (C=O) groups is 1. The van der Waals surface area contributed by atoms with E-state index in [1.807, 2.05) is 43.3 Å². The number of nitrogens with zero attached hydrogens (tertiary/aromatic N) is 2. The molecule has 0 spiro atoms. The first-order chi connectivity index (χ1) is 13.1. The zero-order valence-electron chi connectivity index (χ0n) is 15.0. The summed E-state index contributed by atoms with van der Waals surface area (Å²) in [6, 6.07) is 13.3. The van der Waals surface area contributed by atoms with E-state index in [-0.39, 0.29) is 5.91 Å². The van der Waals surface area contributed by atoms with Crippen molar-refractivity contribution in [1.29, 1.82) is 0 Å². The Labute approximate surface area is 162 Å². The first kappa shape index (κ1) is 18.7. The molecule has 0 aliphatic carbocycles. The van der Waals surface area contributed by atoms with Crippen LogP contribution >= 0.6 is 11.6 Å². The van der Waals surface area contributed by atoms with Crippen LogP contribution in [-0.2, 0) is 6.54 Å². The minimum absolute atomic E-state index is 0.231. The van der Waals surface area contributed by atoms with Crippen LogP contribution in [0.4, 0.5) is 11.6 Å². The van der Waals surface area contributed by atoms with Gasteiger partial charge in [0.05, 0.1) is 18.4 Å². The van der Waals surface area contributed by atoms with Crippen LogP contribution < -0.4 is 15.4 Å². The predicted molar refractivity (Wildman–Crippen MR) is 106 cm³/mol. The minimum atomic E-state index is -0.231. The maximum Gasteiger partial charge on any atom is 0.254 e. The van der Waals surface area contributed by atoms with Crippen molar-refractivity contribution < 1.29 is 9.53 Å². The molecule has 0 bridgehead atoms. The minimum Gasteiger partial charge on any atom is -0.495 e. The molecule has 0 fully saturated rings. The summed E-state index contributed by atoms with van der Waals surface area (Å²) in [5.74, 6) is 0.707. The van der Waals surface area contributed by atoms with Gasteiger partial charge < -0.3 is 15.4 Å². The number of nitrogens with one attached hydrogen (secondary N) is 2. The summed E-state index contributed by atoms with van der Waals surface area (Å²) in [7, 11) is 1.56. The Bertz CT molecular complexity index is 931. The smallest absolute Gasteiger partial charge is 0.254 e. The van der Waals surface area contributed by atoms with E-state index in [0.717, 1.165) is 11.1 Å². The van der Waals surface area contributed by atoms with Crippen molar-refractivity contribution in [3.05, 3.63) is 76.6 Å². The Balaban J connectivity index is 1.67. The average Bonchev–Trinajstić information content (AvgIpc) is 2.70. The molecular formula is C20H19ClN4O2. The molecule has 1 amide bonds. The molecule has 1 aromatic heterocycles. The molecule has 0 atom stereocenters. The lowest BCUT2D eigenvalue weighted by Crippen LogP contribution is -2.23. The number of aryl methyl sites for hydroxylation is 1. The van der Waals surface area contributed by atoms with Crippen LogP contribution in [0.1, 0.15) is 21.5 Å². The quantitative estimate of drug-likeness (QED) is 0.670. The number of hydrogen-bond donors (Lipinski definition) is 2. The maximum atomic E-state index is 12.2. The van der Waals surface area contributed by atoms with Gasteiger partial charge in [-0.3, -0.25) is 4.79 Å². The number of rotatable bonds is 6. The highest BCUT2D eigenvalue weighted by molar-refractivity contribution is 6.31. The van der Waals surface area contributed by atoms with Gasteiger partial charge in [0.2, 0.25) is 5.95 Å². The van der Waals surface area contributed by atoms with Gasteiger partial charge in [-0.15, -0.1) is 0 Å². The van der Waals surface area contributed by atoms with Crippen LogP contribution in [0.2, 0.25) is 5.02 Å².